The van der Waals surface area contributed by atoms with Crippen molar-refractivity contribution in [2.75, 3.05) is 5.88 Å². The molecule has 1 aromatic rings. The molecular weight excluding hydrogens is 217 g/mol. The Balaban J connectivity index is 2.59. The van der Waals surface area contributed by atoms with E-state index in [0.717, 1.165) is 5.76 Å². The summed E-state index contributed by atoms with van der Waals surface area (Å²) in [6.07, 6.45) is 2.41. The van der Waals surface area contributed by atoms with Gasteiger partial charge in [0.25, 0.3) is 0 Å². The topological polar surface area (TPSA) is 26.0 Å². The monoisotopic (exact) mass is 223 g/mol. The van der Waals surface area contributed by atoms with Gasteiger partial charge in [-0.15, -0.1) is 11.6 Å². The zero-order chi connectivity index (χ0) is 7.40. The van der Waals surface area contributed by atoms with Crippen molar-refractivity contribution in [3.8, 4) is 0 Å². The van der Waals surface area contributed by atoms with Gasteiger partial charge < -0.3 is 4.42 Å². The second-order valence-corrected chi connectivity index (χ2v) is 2.73. The van der Waals surface area contributed by atoms with Crippen LogP contribution in [0.15, 0.2) is 10.6 Å². The Morgan fingerprint density at radius 2 is 2.50 bits per heavy atom. The molecule has 56 valence electrons. The molecule has 0 radical (unpaired) electrons. The quantitative estimate of drug-likeness (QED) is 0.737. The zero-order valence-corrected chi connectivity index (χ0v) is 7.65. The van der Waals surface area contributed by atoms with Crippen LogP contribution in [0, 0.1) is 0 Å². The van der Waals surface area contributed by atoms with E-state index in [2.05, 4.69) is 20.9 Å². The molecule has 2 nitrogen and oxygen atoms in total. The van der Waals surface area contributed by atoms with E-state index in [1.807, 2.05) is 0 Å². The number of aromatic nitrogens is 1. The van der Waals surface area contributed by atoms with Crippen molar-refractivity contribution in [3.63, 3.8) is 0 Å². The Bertz CT molecular complexity index is 201. The molecule has 0 saturated carbocycles. The van der Waals surface area contributed by atoms with Crippen LogP contribution in [0.25, 0.3) is 0 Å². The van der Waals surface area contributed by atoms with Gasteiger partial charge in [0.2, 0.25) is 0 Å². The molecule has 1 aromatic heterocycles. The van der Waals surface area contributed by atoms with E-state index in [-0.39, 0.29) is 0 Å². The van der Waals surface area contributed by atoms with Gasteiger partial charge in [0.15, 0.2) is 5.89 Å². The van der Waals surface area contributed by atoms with Crippen LogP contribution in [0.1, 0.15) is 11.7 Å². The third kappa shape index (κ3) is 1.99. The lowest BCUT2D eigenvalue weighted by atomic mass is 10.5. The Labute approximate surface area is 72.7 Å². The van der Waals surface area contributed by atoms with Gasteiger partial charge >= 0.3 is 0 Å². The lowest BCUT2D eigenvalue weighted by Gasteiger charge is -1.86. The average Bonchev–Trinajstić information content (AvgIpc) is 2.37. The van der Waals surface area contributed by atoms with Crippen LogP contribution < -0.4 is 0 Å². The van der Waals surface area contributed by atoms with Crippen molar-refractivity contribution in [3.05, 3.63) is 17.8 Å². The molecular formula is C6H7BrClNO. The van der Waals surface area contributed by atoms with Gasteiger partial charge in [0.05, 0.1) is 11.5 Å². The first-order valence-electron chi connectivity index (χ1n) is 2.92. The van der Waals surface area contributed by atoms with Crippen molar-refractivity contribution < 1.29 is 4.42 Å². The number of alkyl halides is 2. The zero-order valence-electron chi connectivity index (χ0n) is 5.31. The fourth-order valence-corrected chi connectivity index (χ4v) is 1.03. The van der Waals surface area contributed by atoms with Crippen LogP contribution in [-0.4, -0.2) is 10.9 Å². The number of rotatable bonds is 3. The lowest BCUT2D eigenvalue weighted by molar-refractivity contribution is 0.476. The highest BCUT2D eigenvalue weighted by Crippen LogP contribution is 2.08. The summed E-state index contributed by atoms with van der Waals surface area (Å²) < 4.78 is 5.23. The van der Waals surface area contributed by atoms with Crippen LogP contribution in [0.5, 0.6) is 0 Å². The van der Waals surface area contributed by atoms with E-state index < -0.39 is 0 Å². The maximum atomic E-state index is 5.48. The summed E-state index contributed by atoms with van der Waals surface area (Å²) in [7, 11) is 0. The van der Waals surface area contributed by atoms with E-state index in [1.165, 1.54) is 0 Å². The normalized spacial score (nSPS) is 10.2. The van der Waals surface area contributed by atoms with Crippen LogP contribution >= 0.6 is 27.5 Å². The average molecular weight is 224 g/mol. The molecule has 10 heavy (non-hydrogen) atoms. The van der Waals surface area contributed by atoms with Crippen molar-refractivity contribution in [1.29, 1.82) is 0 Å². The highest BCUT2D eigenvalue weighted by atomic mass is 79.9. The molecule has 0 aliphatic heterocycles. The number of oxazole rings is 1. The summed E-state index contributed by atoms with van der Waals surface area (Å²) in [5.74, 6) is 2.12. The molecule has 1 heterocycles. The van der Waals surface area contributed by atoms with Crippen molar-refractivity contribution in [2.45, 2.75) is 11.8 Å². The molecule has 4 heteroatoms. The van der Waals surface area contributed by atoms with Gasteiger partial charge in [0.1, 0.15) is 5.76 Å². The molecule has 0 aliphatic carbocycles. The van der Waals surface area contributed by atoms with Gasteiger partial charge in [-0.2, -0.15) is 0 Å². The van der Waals surface area contributed by atoms with Gasteiger partial charge in [-0.25, -0.2) is 4.98 Å². The highest BCUT2D eigenvalue weighted by molar-refractivity contribution is 9.08. The van der Waals surface area contributed by atoms with Gasteiger partial charge in [0, 0.05) is 12.3 Å². The van der Waals surface area contributed by atoms with E-state index in [9.17, 15) is 0 Å². The number of halogens is 2. The summed E-state index contributed by atoms with van der Waals surface area (Å²) in [5, 5.41) is 0.711. The summed E-state index contributed by atoms with van der Waals surface area (Å²) in [5.41, 5.74) is 0. The summed E-state index contributed by atoms with van der Waals surface area (Å²) in [6, 6.07) is 0. The summed E-state index contributed by atoms with van der Waals surface area (Å²) >= 11 is 8.73. The molecule has 0 unspecified atom stereocenters. The minimum Gasteiger partial charge on any atom is -0.445 e. The molecule has 0 amide bonds. The molecule has 0 aromatic carbocycles. The second-order valence-electron chi connectivity index (χ2n) is 1.79. The number of hydrogen-bond acceptors (Lipinski definition) is 2. The minimum atomic E-state index is 0.558. The first-order chi connectivity index (χ1) is 4.86. The van der Waals surface area contributed by atoms with Crippen molar-refractivity contribution in [2.24, 2.45) is 0 Å². The molecule has 0 spiro atoms. The Hall–Kier alpha value is -0.0200. The van der Waals surface area contributed by atoms with Gasteiger partial charge in [-0.3, -0.25) is 0 Å². The standard InChI is InChI=1S/C6H7BrClNO/c7-3-5-4-9-6(10-5)1-2-8/h4H,1-3H2. The predicted octanol–water partition coefficient (Wildman–Crippen LogP) is 2.35. The first-order valence-corrected chi connectivity index (χ1v) is 4.58. The van der Waals surface area contributed by atoms with Crippen LogP contribution in [-0.2, 0) is 11.8 Å². The maximum absolute atomic E-state index is 5.48. The van der Waals surface area contributed by atoms with Crippen LogP contribution in [0.3, 0.4) is 0 Å². The third-order valence-electron chi connectivity index (χ3n) is 1.04. The van der Waals surface area contributed by atoms with Gasteiger partial charge in [-0.05, 0) is 0 Å². The smallest absolute Gasteiger partial charge is 0.195 e. The van der Waals surface area contributed by atoms with Crippen LogP contribution in [0.2, 0.25) is 0 Å². The minimum absolute atomic E-state index is 0.558. The van der Waals surface area contributed by atoms with E-state index >= 15 is 0 Å². The fraction of sp³-hybridized carbons (Fsp3) is 0.500. The number of nitrogens with zero attached hydrogens (tertiary/aromatic N) is 1. The third-order valence-corrected chi connectivity index (χ3v) is 1.78. The molecule has 1 rings (SSSR count). The fourth-order valence-electron chi connectivity index (χ4n) is 0.606. The largest absolute Gasteiger partial charge is 0.445 e. The summed E-state index contributed by atoms with van der Waals surface area (Å²) in [6.45, 7) is 0. The Kier molecular flexibility index (Phi) is 3.22. The van der Waals surface area contributed by atoms with E-state index in [0.29, 0.717) is 23.5 Å². The predicted molar refractivity (Wildman–Crippen MR) is 43.6 cm³/mol. The van der Waals surface area contributed by atoms with E-state index in [4.69, 9.17) is 16.0 Å². The molecule has 0 N–H and O–H groups in total. The van der Waals surface area contributed by atoms with Gasteiger partial charge in [-0.1, -0.05) is 15.9 Å². The molecule has 0 aliphatic rings. The van der Waals surface area contributed by atoms with E-state index in [1.54, 1.807) is 6.20 Å². The molecule has 0 fully saturated rings. The Morgan fingerprint density at radius 3 is 3.00 bits per heavy atom. The highest BCUT2D eigenvalue weighted by Gasteiger charge is 2.00. The molecule has 0 atom stereocenters. The summed E-state index contributed by atoms with van der Waals surface area (Å²) in [4.78, 5) is 4.00. The number of hydrogen-bond donors (Lipinski definition) is 0. The lowest BCUT2D eigenvalue weighted by Crippen LogP contribution is -1.83. The molecule has 0 bridgehead atoms. The van der Waals surface area contributed by atoms with Crippen molar-refractivity contribution >= 4 is 27.5 Å². The maximum Gasteiger partial charge on any atom is 0.195 e. The van der Waals surface area contributed by atoms with Crippen molar-refractivity contribution in [1.82, 2.24) is 4.98 Å². The SMILES string of the molecule is ClCCc1ncc(CBr)o1. The second kappa shape index (κ2) is 3.98. The Morgan fingerprint density at radius 1 is 1.70 bits per heavy atom. The van der Waals surface area contributed by atoms with Crippen LogP contribution in [0.4, 0.5) is 0 Å². The number of aryl methyl sites for hydroxylation is 1. The molecule has 0 saturated heterocycles. The first kappa shape index (κ1) is 8.08.